The summed E-state index contributed by atoms with van der Waals surface area (Å²) in [4.78, 5) is 0.101. The van der Waals surface area contributed by atoms with Crippen LogP contribution in [0.2, 0.25) is 5.02 Å². The summed E-state index contributed by atoms with van der Waals surface area (Å²) in [6.45, 7) is 3.93. The minimum absolute atomic E-state index is 0.101. The van der Waals surface area contributed by atoms with Crippen LogP contribution in [-0.2, 0) is 16.5 Å². The molecule has 7 heteroatoms. The van der Waals surface area contributed by atoms with Crippen LogP contribution in [0.4, 0.5) is 0 Å². The molecule has 1 aromatic heterocycles. The molecule has 1 heterocycles. The van der Waals surface area contributed by atoms with Gasteiger partial charge in [-0.2, -0.15) is 18.2 Å². The molecule has 0 N–H and O–H groups in total. The van der Waals surface area contributed by atoms with E-state index in [1.807, 2.05) is 13.8 Å². The highest BCUT2D eigenvalue weighted by atomic mass is 35.5. The average Bonchev–Trinajstić information content (AvgIpc) is 2.98. The van der Waals surface area contributed by atoms with Crippen LogP contribution in [0, 0.1) is 6.92 Å². The molecule has 0 bridgehead atoms. The zero-order valence-electron chi connectivity index (χ0n) is 14.5. The monoisotopic (exact) mass is 390 g/mol. The number of rotatable bonds is 6. The molecule has 0 aliphatic rings. The Morgan fingerprint density at radius 2 is 1.73 bits per heavy atom. The van der Waals surface area contributed by atoms with E-state index in [1.165, 1.54) is 16.8 Å². The second kappa shape index (κ2) is 7.51. The Hall–Kier alpha value is -2.31. The Morgan fingerprint density at radius 3 is 2.35 bits per heavy atom. The maximum absolute atomic E-state index is 12.6. The number of aryl methyl sites for hydroxylation is 2. The standard InChI is InChI=1S/C19H19ClN2O3S/c1-3-4-16-13-19(22(21-16)17-9-7-15(20)8-10-17)25-26(23,24)18-11-5-14(2)6-12-18/h5-13H,3-4H2,1-2H3. The third-order valence-corrected chi connectivity index (χ3v) is 5.30. The van der Waals surface area contributed by atoms with E-state index in [1.54, 1.807) is 42.5 Å². The molecule has 0 atom stereocenters. The quantitative estimate of drug-likeness (QED) is 0.579. The SMILES string of the molecule is CCCc1cc(OS(=O)(=O)c2ccc(C)cc2)n(-c2ccc(Cl)cc2)n1. The zero-order valence-corrected chi connectivity index (χ0v) is 16.1. The van der Waals surface area contributed by atoms with Gasteiger partial charge in [-0.15, -0.1) is 0 Å². The Morgan fingerprint density at radius 1 is 1.08 bits per heavy atom. The van der Waals surface area contributed by atoms with Crippen LogP contribution in [0.3, 0.4) is 0 Å². The summed E-state index contributed by atoms with van der Waals surface area (Å²) in [5, 5.41) is 5.06. The first kappa shape index (κ1) is 18.5. The number of hydrogen-bond acceptors (Lipinski definition) is 4. The predicted molar refractivity (Wildman–Crippen MR) is 102 cm³/mol. The smallest absolute Gasteiger partial charge is 0.340 e. The summed E-state index contributed by atoms with van der Waals surface area (Å²) in [5.74, 6) is 0.149. The lowest BCUT2D eigenvalue weighted by Gasteiger charge is -2.09. The fourth-order valence-electron chi connectivity index (χ4n) is 2.48. The van der Waals surface area contributed by atoms with Crippen LogP contribution in [0.15, 0.2) is 59.5 Å². The molecule has 0 saturated heterocycles. The number of hydrogen-bond donors (Lipinski definition) is 0. The first-order valence-electron chi connectivity index (χ1n) is 8.25. The van der Waals surface area contributed by atoms with Gasteiger partial charge in [-0.25, -0.2) is 0 Å². The van der Waals surface area contributed by atoms with Gasteiger partial charge in [0.1, 0.15) is 4.90 Å². The highest BCUT2D eigenvalue weighted by Crippen LogP contribution is 2.25. The van der Waals surface area contributed by atoms with Crippen LogP contribution >= 0.6 is 11.6 Å². The molecule has 0 saturated carbocycles. The first-order chi connectivity index (χ1) is 12.4. The van der Waals surface area contributed by atoms with Gasteiger partial charge in [0.2, 0.25) is 5.88 Å². The Labute approximate surface area is 158 Å². The highest BCUT2D eigenvalue weighted by Gasteiger charge is 2.21. The Bertz CT molecular complexity index is 994. The van der Waals surface area contributed by atoms with E-state index in [4.69, 9.17) is 15.8 Å². The number of benzene rings is 2. The van der Waals surface area contributed by atoms with E-state index >= 15 is 0 Å². The largest absolute Gasteiger partial charge is 0.358 e. The maximum atomic E-state index is 12.6. The Kier molecular flexibility index (Phi) is 5.34. The topological polar surface area (TPSA) is 61.2 Å². The minimum atomic E-state index is -3.96. The van der Waals surface area contributed by atoms with Crippen LogP contribution in [0.5, 0.6) is 5.88 Å². The Balaban J connectivity index is 2.00. The van der Waals surface area contributed by atoms with Crippen molar-refractivity contribution >= 4 is 21.7 Å². The molecule has 26 heavy (non-hydrogen) atoms. The molecule has 136 valence electrons. The van der Waals surface area contributed by atoms with Gasteiger partial charge in [-0.05, 0) is 49.7 Å². The van der Waals surface area contributed by atoms with Crippen LogP contribution < -0.4 is 4.18 Å². The molecule has 0 spiro atoms. The number of nitrogens with zero attached hydrogens (tertiary/aromatic N) is 2. The van der Waals surface area contributed by atoms with Gasteiger partial charge in [0.15, 0.2) is 0 Å². The molecule has 0 amide bonds. The van der Waals surface area contributed by atoms with Crippen LogP contribution in [0.25, 0.3) is 5.69 Å². The van der Waals surface area contributed by atoms with Crippen molar-refractivity contribution in [3.63, 3.8) is 0 Å². The van der Waals surface area contributed by atoms with Crippen molar-refractivity contribution in [1.82, 2.24) is 9.78 Å². The third-order valence-electron chi connectivity index (χ3n) is 3.81. The lowest BCUT2D eigenvalue weighted by molar-refractivity contribution is 0.465. The highest BCUT2D eigenvalue weighted by molar-refractivity contribution is 7.87. The molecule has 0 aliphatic carbocycles. The summed E-state index contributed by atoms with van der Waals surface area (Å²) >= 11 is 5.94. The summed E-state index contributed by atoms with van der Waals surface area (Å²) in [7, 11) is -3.96. The molecular formula is C19H19ClN2O3S. The van der Waals surface area contributed by atoms with Crippen molar-refractivity contribution in [3.8, 4) is 11.6 Å². The van der Waals surface area contributed by atoms with E-state index < -0.39 is 10.1 Å². The first-order valence-corrected chi connectivity index (χ1v) is 10.0. The molecule has 0 unspecified atom stereocenters. The summed E-state index contributed by atoms with van der Waals surface area (Å²) < 4.78 is 32.2. The fourth-order valence-corrected chi connectivity index (χ4v) is 3.52. The molecule has 0 aliphatic heterocycles. The summed E-state index contributed by atoms with van der Waals surface area (Å²) in [6, 6.07) is 15.1. The second-order valence-electron chi connectivity index (χ2n) is 5.96. The molecule has 0 fully saturated rings. The second-order valence-corrected chi connectivity index (χ2v) is 7.95. The van der Waals surface area contributed by atoms with Crippen molar-refractivity contribution in [3.05, 3.63) is 70.9 Å². The molecule has 3 rings (SSSR count). The van der Waals surface area contributed by atoms with Gasteiger partial charge in [0.05, 0.1) is 11.4 Å². The average molecular weight is 391 g/mol. The van der Waals surface area contributed by atoms with E-state index in [0.29, 0.717) is 10.7 Å². The lowest BCUT2D eigenvalue weighted by Crippen LogP contribution is -2.12. The third kappa shape index (κ3) is 4.08. The lowest BCUT2D eigenvalue weighted by atomic mass is 10.2. The molecule has 0 radical (unpaired) electrons. The minimum Gasteiger partial charge on any atom is -0.358 e. The van der Waals surface area contributed by atoms with Gasteiger partial charge >= 0.3 is 10.1 Å². The van der Waals surface area contributed by atoms with E-state index in [-0.39, 0.29) is 10.8 Å². The predicted octanol–water partition coefficient (Wildman–Crippen LogP) is 4.55. The van der Waals surface area contributed by atoms with Gasteiger partial charge in [-0.1, -0.05) is 42.6 Å². The van der Waals surface area contributed by atoms with Gasteiger partial charge < -0.3 is 4.18 Å². The van der Waals surface area contributed by atoms with Crippen LogP contribution in [-0.4, -0.2) is 18.2 Å². The van der Waals surface area contributed by atoms with Gasteiger partial charge in [0, 0.05) is 11.1 Å². The molecule has 2 aromatic carbocycles. The molecule has 3 aromatic rings. The molecule has 5 nitrogen and oxygen atoms in total. The van der Waals surface area contributed by atoms with E-state index in [2.05, 4.69) is 5.10 Å². The summed E-state index contributed by atoms with van der Waals surface area (Å²) in [5.41, 5.74) is 2.41. The molecular weight excluding hydrogens is 372 g/mol. The maximum Gasteiger partial charge on any atom is 0.340 e. The fraction of sp³-hybridized carbons (Fsp3) is 0.211. The van der Waals surface area contributed by atoms with Crippen molar-refractivity contribution < 1.29 is 12.6 Å². The number of halogens is 1. The van der Waals surface area contributed by atoms with E-state index in [0.717, 1.165) is 24.1 Å². The zero-order chi connectivity index (χ0) is 18.7. The van der Waals surface area contributed by atoms with Crippen molar-refractivity contribution in [1.29, 1.82) is 0 Å². The van der Waals surface area contributed by atoms with Gasteiger partial charge in [0.25, 0.3) is 0 Å². The normalized spacial score (nSPS) is 11.5. The van der Waals surface area contributed by atoms with Crippen molar-refractivity contribution in [2.45, 2.75) is 31.6 Å². The van der Waals surface area contributed by atoms with Crippen molar-refractivity contribution in [2.24, 2.45) is 0 Å². The van der Waals surface area contributed by atoms with Crippen LogP contribution in [0.1, 0.15) is 24.6 Å². The number of aromatic nitrogens is 2. The summed E-state index contributed by atoms with van der Waals surface area (Å²) in [6.07, 6.45) is 1.61. The van der Waals surface area contributed by atoms with Crippen molar-refractivity contribution in [2.75, 3.05) is 0 Å². The van der Waals surface area contributed by atoms with Gasteiger partial charge in [-0.3, -0.25) is 0 Å². The van der Waals surface area contributed by atoms with E-state index in [9.17, 15) is 8.42 Å².